The fourth-order valence-electron chi connectivity index (χ4n) is 8.32. The Balaban J connectivity index is 1.56. The molecule has 5 unspecified atom stereocenters. The van der Waals surface area contributed by atoms with Crippen LogP contribution in [0.2, 0.25) is 0 Å². The van der Waals surface area contributed by atoms with Crippen molar-refractivity contribution >= 4 is 11.7 Å². The zero-order valence-electron chi connectivity index (χ0n) is 19.9. The highest BCUT2D eigenvalue weighted by Crippen LogP contribution is 2.65. The van der Waals surface area contributed by atoms with Crippen LogP contribution in [0.1, 0.15) is 92.4 Å². The molecule has 30 heavy (non-hydrogen) atoms. The van der Waals surface area contributed by atoms with Gasteiger partial charge in [0.2, 0.25) is 5.91 Å². The third kappa shape index (κ3) is 3.58. The van der Waals surface area contributed by atoms with Gasteiger partial charge in [0.05, 0.1) is 0 Å². The van der Waals surface area contributed by atoms with Gasteiger partial charge in [-0.2, -0.15) is 0 Å². The maximum absolute atomic E-state index is 12.9. The van der Waals surface area contributed by atoms with Crippen molar-refractivity contribution in [1.82, 2.24) is 5.32 Å². The average Bonchev–Trinajstić information content (AvgIpc) is 2.99. The van der Waals surface area contributed by atoms with Crippen LogP contribution < -0.4 is 5.32 Å². The largest absolute Gasteiger partial charge is 0.352 e. The highest BCUT2D eigenvalue weighted by molar-refractivity contribution is 6.04. The van der Waals surface area contributed by atoms with Gasteiger partial charge in [0.25, 0.3) is 0 Å². The van der Waals surface area contributed by atoms with Gasteiger partial charge in [-0.05, 0) is 79.1 Å². The first-order valence-corrected chi connectivity index (χ1v) is 12.7. The van der Waals surface area contributed by atoms with Crippen molar-refractivity contribution in [3.05, 3.63) is 11.6 Å². The van der Waals surface area contributed by atoms with Crippen LogP contribution in [0.5, 0.6) is 0 Å². The van der Waals surface area contributed by atoms with Gasteiger partial charge in [0, 0.05) is 24.0 Å². The number of amides is 1. The van der Waals surface area contributed by atoms with E-state index in [1.165, 1.54) is 44.9 Å². The average molecular weight is 414 g/mol. The van der Waals surface area contributed by atoms with E-state index in [1.54, 1.807) is 6.08 Å². The number of allylic oxidation sites excluding steroid dienone is 1. The molecule has 7 atom stereocenters. The van der Waals surface area contributed by atoms with Crippen LogP contribution in [0.25, 0.3) is 0 Å². The molecular formula is C27H43NO2. The molecule has 1 N–H and O–H groups in total. The first-order chi connectivity index (χ1) is 14.2. The number of rotatable bonds is 5. The molecule has 168 valence electrons. The zero-order valence-corrected chi connectivity index (χ0v) is 19.9. The Hall–Kier alpha value is -1.12. The predicted octanol–water partition coefficient (Wildman–Crippen LogP) is 5.93. The number of hydrogen-bond acceptors (Lipinski definition) is 2. The summed E-state index contributed by atoms with van der Waals surface area (Å²) in [5, 5.41) is 3.25. The van der Waals surface area contributed by atoms with E-state index in [1.807, 2.05) is 0 Å². The summed E-state index contributed by atoms with van der Waals surface area (Å²) < 4.78 is 0. The summed E-state index contributed by atoms with van der Waals surface area (Å²) in [5.41, 5.74) is 1.08. The molecule has 0 aromatic carbocycles. The molecule has 0 aromatic heterocycles. The van der Waals surface area contributed by atoms with E-state index in [2.05, 4.69) is 39.9 Å². The summed E-state index contributed by atoms with van der Waals surface area (Å²) in [6.07, 6.45) is 12.4. The lowest BCUT2D eigenvalue weighted by atomic mass is 9.50. The Morgan fingerprint density at radius 2 is 1.80 bits per heavy atom. The summed E-state index contributed by atoms with van der Waals surface area (Å²) in [6, 6.07) is 0. The molecule has 4 rings (SSSR count). The molecule has 3 fully saturated rings. The van der Waals surface area contributed by atoms with Gasteiger partial charge in [-0.15, -0.1) is 0 Å². The third-order valence-electron chi connectivity index (χ3n) is 10.0. The number of fused-ring (bicyclic) bond motifs is 5. The normalized spacial score (nSPS) is 42.0. The number of nitrogens with one attached hydrogen (secondary N) is 1. The highest BCUT2D eigenvalue weighted by atomic mass is 16.2. The standard InChI is InChI=1S/C27H43NO2/c1-17(2)7-6-8-18(3)21-9-10-22-20-16-28-25(30)24-15-19(29)11-13-27(24,5)23(20)12-14-26(21,22)4/h15,17-18,20-23H,6-14,16H2,1-5H3,(H,28,30)/t18?,20?,21?,22?,23?,26-,27-/m1/s1. The Morgan fingerprint density at radius 3 is 2.53 bits per heavy atom. The van der Waals surface area contributed by atoms with Crippen molar-refractivity contribution in [2.24, 2.45) is 46.3 Å². The van der Waals surface area contributed by atoms with E-state index in [0.717, 1.165) is 36.3 Å². The lowest BCUT2D eigenvalue weighted by Crippen LogP contribution is -2.49. The third-order valence-corrected chi connectivity index (χ3v) is 10.0. The molecule has 3 heteroatoms. The van der Waals surface area contributed by atoms with Gasteiger partial charge in [-0.1, -0.05) is 53.9 Å². The van der Waals surface area contributed by atoms with Gasteiger partial charge in [-0.25, -0.2) is 0 Å². The molecule has 1 amide bonds. The zero-order chi connectivity index (χ0) is 21.7. The van der Waals surface area contributed by atoms with Crippen LogP contribution in [0.15, 0.2) is 11.6 Å². The van der Waals surface area contributed by atoms with Gasteiger partial charge < -0.3 is 5.32 Å². The molecule has 0 aromatic rings. The minimum Gasteiger partial charge on any atom is -0.352 e. The smallest absolute Gasteiger partial charge is 0.247 e. The van der Waals surface area contributed by atoms with E-state index < -0.39 is 0 Å². The van der Waals surface area contributed by atoms with E-state index in [4.69, 9.17) is 0 Å². The molecule has 1 aliphatic heterocycles. The van der Waals surface area contributed by atoms with E-state index >= 15 is 0 Å². The second-order valence-corrected chi connectivity index (χ2v) is 12.1. The van der Waals surface area contributed by atoms with Crippen molar-refractivity contribution in [2.75, 3.05) is 6.54 Å². The molecule has 2 saturated carbocycles. The summed E-state index contributed by atoms with van der Waals surface area (Å²) in [5.74, 6) is 4.39. The van der Waals surface area contributed by atoms with Crippen molar-refractivity contribution < 1.29 is 9.59 Å². The lowest BCUT2D eigenvalue weighted by Gasteiger charge is -2.54. The van der Waals surface area contributed by atoms with E-state index in [9.17, 15) is 9.59 Å². The number of ketones is 1. The first kappa shape index (κ1) is 22.1. The van der Waals surface area contributed by atoms with Crippen LogP contribution in [-0.2, 0) is 9.59 Å². The number of hydrogen-bond donors (Lipinski definition) is 1. The Kier molecular flexibility index (Phi) is 5.96. The summed E-state index contributed by atoms with van der Waals surface area (Å²) in [6.45, 7) is 12.9. The fourth-order valence-corrected chi connectivity index (χ4v) is 8.32. The van der Waals surface area contributed by atoms with Crippen LogP contribution >= 0.6 is 0 Å². The topological polar surface area (TPSA) is 46.2 Å². The van der Waals surface area contributed by atoms with Gasteiger partial charge >= 0.3 is 0 Å². The van der Waals surface area contributed by atoms with Gasteiger partial charge in [0.1, 0.15) is 0 Å². The van der Waals surface area contributed by atoms with Crippen LogP contribution in [-0.4, -0.2) is 18.2 Å². The molecule has 3 aliphatic carbocycles. The van der Waals surface area contributed by atoms with Crippen LogP contribution in [0.3, 0.4) is 0 Å². The highest BCUT2D eigenvalue weighted by Gasteiger charge is 2.59. The molecule has 4 aliphatic rings. The number of carbonyl (C=O) groups excluding carboxylic acids is 2. The van der Waals surface area contributed by atoms with Crippen molar-refractivity contribution in [3.63, 3.8) is 0 Å². The maximum atomic E-state index is 12.9. The molecule has 3 nitrogen and oxygen atoms in total. The van der Waals surface area contributed by atoms with Crippen LogP contribution in [0, 0.1) is 46.3 Å². The molecule has 0 radical (unpaired) electrons. The predicted molar refractivity (Wildman–Crippen MR) is 122 cm³/mol. The monoisotopic (exact) mass is 413 g/mol. The molecule has 0 bridgehead atoms. The van der Waals surface area contributed by atoms with Gasteiger partial charge in [0.15, 0.2) is 5.78 Å². The molecular weight excluding hydrogens is 370 g/mol. The molecule has 1 heterocycles. The summed E-state index contributed by atoms with van der Waals surface area (Å²) in [7, 11) is 0. The van der Waals surface area contributed by atoms with Crippen molar-refractivity contribution in [1.29, 1.82) is 0 Å². The Bertz CT molecular complexity index is 724. The Morgan fingerprint density at radius 1 is 1.03 bits per heavy atom. The van der Waals surface area contributed by atoms with Crippen molar-refractivity contribution in [2.45, 2.75) is 92.4 Å². The van der Waals surface area contributed by atoms with E-state index in [-0.39, 0.29) is 17.1 Å². The first-order valence-electron chi connectivity index (χ1n) is 12.7. The quantitative estimate of drug-likeness (QED) is 0.607. The second kappa shape index (κ2) is 8.10. The summed E-state index contributed by atoms with van der Waals surface area (Å²) >= 11 is 0. The molecule has 0 spiro atoms. The van der Waals surface area contributed by atoms with Crippen molar-refractivity contribution in [3.8, 4) is 0 Å². The van der Waals surface area contributed by atoms with Crippen LogP contribution in [0.4, 0.5) is 0 Å². The minimum atomic E-state index is -0.124. The lowest BCUT2D eigenvalue weighted by molar-refractivity contribution is -0.121. The SMILES string of the molecule is CC(C)CCCC(C)C1CCC2C3CNC(=O)C4=CC(=O)CC[C@]4(C)C3CC[C@]12C. The Labute approximate surface area is 183 Å². The molecule has 1 saturated heterocycles. The van der Waals surface area contributed by atoms with E-state index in [0.29, 0.717) is 29.6 Å². The maximum Gasteiger partial charge on any atom is 0.247 e. The minimum absolute atomic E-state index is 0.0262. The van der Waals surface area contributed by atoms with Gasteiger partial charge in [-0.3, -0.25) is 9.59 Å². The fraction of sp³-hybridized carbons (Fsp3) is 0.852. The second-order valence-electron chi connectivity index (χ2n) is 12.1. The number of carbonyl (C=O) groups is 2. The summed E-state index contributed by atoms with van der Waals surface area (Å²) in [4.78, 5) is 25.0.